The van der Waals surface area contributed by atoms with Crippen LogP contribution in [-0.4, -0.2) is 53.8 Å². The molecular formula is C21H30FN3O2. The van der Waals surface area contributed by atoms with Crippen LogP contribution in [-0.2, 0) is 16.1 Å². The summed E-state index contributed by atoms with van der Waals surface area (Å²) in [6, 6.07) is 6.20. The van der Waals surface area contributed by atoms with E-state index in [1.54, 1.807) is 6.07 Å². The summed E-state index contributed by atoms with van der Waals surface area (Å²) in [6.07, 6.45) is 5.03. The van der Waals surface area contributed by atoms with Gasteiger partial charge in [-0.2, -0.15) is 0 Å². The van der Waals surface area contributed by atoms with Gasteiger partial charge in [-0.25, -0.2) is 4.39 Å². The Hall–Kier alpha value is -1.95. The molecule has 0 aromatic heterocycles. The maximum atomic E-state index is 13.4. The van der Waals surface area contributed by atoms with Gasteiger partial charge in [0.1, 0.15) is 5.82 Å². The molecule has 1 aromatic carbocycles. The molecule has 1 saturated carbocycles. The largest absolute Gasteiger partial charge is 0.351 e. The number of halogens is 1. The van der Waals surface area contributed by atoms with Crippen LogP contribution in [0.25, 0.3) is 0 Å². The average Bonchev–Trinajstić information content (AvgIpc) is 3.21. The molecule has 3 rings (SSSR count). The third-order valence-electron chi connectivity index (χ3n) is 5.83. The molecule has 1 aromatic rings. The molecule has 0 spiro atoms. The molecule has 1 atom stereocenters. The van der Waals surface area contributed by atoms with Gasteiger partial charge in [0.25, 0.3) is 0 Å². The maximum Gasteiger partial charge on any atom is 0.237 e. The Bertz CT molecular complexity index is 653. The van der Waals surface area contributed by atoms with Gasteiger partial charge in [0.05, 0.1) is 6.04 Å². The summed E-state index contributed by atoms with van der Waals surface area (Å²) >= 11 is 0. The van der Waals surface area contributed by atoms with Gasteiger partial charge in [-0.05, 0) is 36.5 Å². The highest BCUT2D eigenvalue weighted by atomic mass is 19.1. The summed E-state index contributed by atoms with van der Waals surface area (Å²) in [5.74, 6) is 0.292. The molecule has 1 heterocycles. The molecule has 6 heteroatoms. The van der Waals surface area contributed by atoms with Crippen LogP contribution < -0.4 is 5.32 Å². The predicted octanol–water partition coefficient (Wildman–Crippen LogP) is 2.55. The van der Waals surface area contributed by atoms with E-state index in [0.29, 0.717) is 32.0 Å². The Morgan fingerprint density at radius 1 is 1.19 bits per heavy atom. The number of piperazine rings is 1. The Kier molecular flexibility index (Phi) is 6.83. The summed E-state index contributed by atoms with van der Waals surface area (Å²) in [5, 5.41) is 3.02. The number of amides is 2. The lowest BCUT2D eigenvalue weighted by atomic mass is 9.95. The van der Waals surface area contributed by atoms with Crippen molar-refractivity contribution in [2.24, 2.45) is 5.92 Å². The zero-order valence-corrected chi connectivity index (χ0v) is 16.1. The zero-order chi connectivity index (χ0) is 19.2. The van der Waals surface area contributed by atoms with Gasteiger partial charge in [-0.3, -0.25) is 14.5 Å². The fourth-order valence-electron chi connectivity index (χ4n) is 4.36. The highest BCUT2D eigenvalue weighted by Crippen LogP contribution is 2.31. The van der Waals surface area contributed by atoms with Gasteiger partial charge >= 0.3 is 0 Å². The molecule has 1 unspecified atom stereocenters. The fraction of sp³-hybridized carbons (Fsp3) is 0.619. The summed E-state index contributed by atoms with van der Waals surface area (Å²) < 4.78 is 13.4. The highest BCUT2D eigenvalue weighted by Gasteiger charge is 2.37. The first-order valence-corrected chi connectivity index (χ1v) is 10.1. The van der Waals surface area contributed by atoms with Crippen molar-refractivity contribution in [3.8, 4) is 0 Å². The van der Waals surface area contributed by atoms with Crippen LogP contribution in [0.4, 0.5) is 4.39 Å². The summed E-state index contributed by atoms with van der Waals surface area (Å²) in [6.45, 7) is 5.07. The summed E-state index contributed by atoms with van der Waals surface area (Å²) in [4.78, 5) is 29.1. The molecule has 2 fully saturated rings. The molecular weight excluding hydrogens is 345 g/mol. The molecule has 2 amide bonds. The lowest BCUT2D eigenvalue weighted by Gasteiger charge is -2.40. The first kappa shape index (κ1) is 19.8. The number of carbonyl (C=O) groups excluding carboxylic acids is 2. The predicted molar refractivity (Wildman–Crippen MR) is 102 cm³/mol. The van der Waals surface area contributed by atoms with Crippen molar-refractivity contribution >= 4 is 11.8 Å². The van der Waals surface area contributed by atoms with Crippen LogP contribution >= 0.6 is 0 Å². The van der Waals surface area contributed by atoms with Crippen LogP contribution in [0.2, 0.25) is 0 Å². The second kappa shape index (κ2) is 9.31. The van der Waals surface area contributed by atoms with Gasteiger partial charge in [-0.15, -0.1) is 0 Å². The standard InChI is InChI=1S/C21H30FN3O2/c1-2-19(26)24-10-12-25(13-11-24)20(17-7-3-4-8-17)21(27)23-15-16-6-5-9-18(22)14-16/h5-6,9,14,17,20H,2-4,7-8,10-13,15H2,1H3,(H,23,27). The van der Waals surface area contributed by atoms with Gasteiger partial charge in [-0.1, -0.05) is 31.9 Å². The van der Waals surface area contributed by atoms with E-state index in [1.807, 2.05) is 17.9 Å². The van der Waals surface area contributed by atoms with Crippen molar-refractivity contribution in [3.05, 3.63) is 35.6 Å². The quantitative estimate of drug-likeness (QED) is 0.831. The van der Waals surface area contributed by atoms with Crippen LogP contribution in [0.3, 0.4) is 0 Å². The second-order valence-corrected chi connectivity index (χ2v) is 7.61. The molecule has 27 heavy (non-hydrogen) atoms. The third kappa shape index (κ3) is 5.06. The molecule has 1 aliphatic carbocycles. The van der Waals surface area contributed by atoms with Crippen molar-refractivity contribution < 1.29 is 14.0 Å². The van der Waals surface area contributed by atoms with Gasteiger partial charge in [0.15, 0.2) is 0 Å². The minimum absolute atomic E-state index is 0.0291. The molecule has 5 nitrogen and oxygen atoms in total. The molecule has 1 aliphatic heterocycles. The SMILES string of the molecule is CCC(=O)N1CCN(C(C(=O)NCc2cccc(F)c2)C2CCCC2)CC1. The van der Waals surface area contributed by atoms with E-state index in [2.05, 4.69) is 10.2 Å². The lowest BCUT2D eigenvalue weighted by Crippen LogP contribution is -2.57. The Labute approximate surface area is 160 Å². The Morgan fingerprint density at radius 3 is 2.52 bits per heavy atom. The average molecular weight is 375 g/mol. The first-order chi connectivity index (χ1) is 13.1. The maximum absolute atomic E-state index is 13.4. The van der Waals surface area contributed by atoms with E-state index in [9.17, 15) is 14.0 Å². The molecule has 1 saturated heterocycles. The minimum Gasteiger partial charge on any atom is -0.351 e. The monoisotopic (exact) mass is 375 g/mol. The third-order valence-corrected chi connectivity index (χ3v) is 5.83. The molecule has 0 bridgehead atoms. The van der Waals surface area contributed by atoms with E-state index in [-0.39, 0.29) is 23.7 Å². The number of hydrogen-bond donors (Lipinski definition) is 1. The minimum atomic E-state index is -0.286. The van der Waals surface area contributed by atoms with E-state index in [0.717, 1.165) is 31.5 Å². The highest BCUT2D eigenvalue weighted by molar-refractivity contribution is 5.82. The van der Waals surface area contributed by atoms with Crippen molar-refractivity contribution in [2.45, 2.75) is 51.6 Å². The van der Waals surface area contributed by atoms with E-state index < -0.39 is 0 Å². The van der Waals surface area contributed by atoms with Crippen LogP contribution in [0.5, 0.6) is 0 Å². The molecule has 2 aliphatic rings. The Morgan fingerprint density at radius 2 is 1.89 bits per heavy atom. The van der Waals surface area contributed by atoms with Crippen molar-refractivity contribution in [1.29, 1.82) is 0 Å². The first-order valence-electron chi connectivity index (χ1n) is 10.1. The van der Waals surface area contributed by atoms with Gasteiger partial charge in [0, 0.05) is 39.1 Å². The smallest absolute Gasteiger partial charge is 0.237 e. The van der Waals surface area contributed by atoms with Crippen LogP contribution in [0.15, 0.2) is 24.3 Å². The lowest BCUT2D eigenvalue weighted by molar-refractivity contribution is -0.135. The number of benzene rings is 1. The normalized spacial score (nSPS) is 19.9. The van der Waals surface area contributed by atoms with Crippen molar-refractivity contribution in [2.75, 3.05) is 26.2 Å². The van der Waals surface area contributed by atoms with Gasteiger partial charge < -0.3 is 10.2 Å². The number of rotatable bonds is 6. The number of carbonyl (C=O) groups is 2. The zero-order valence-electron chi connectivity index (χ0n) is 16.1. The van der Waals surface area contributed by atoms with Crippen LogP contribution in [0, 0.1) is 11.7 Å². The number of nitrogens with one attached hydrogen (secondary N) is 1. The second-order valence-electron chi connectivity index (χ2n) is 7.61. The van der Waals surface area contributed by atoms with Crippen molar-refractivity contribution in [3.63, 3.8) is 0 Å². The van der Waals surface area contributed by atoms with E-state index >= 15 is 0 Å². The van der Waals surface area contributed by atoms with Crippen molar-refractivity contribution in [1.82, 2.24) is 15.1 Å². The Balaban J connectivity index is 1.63. The molecule has 148 valence electrons. The number of hydrogen-bond acceptors (Lipinski definition) is 3. The van der Waals surface area contributed by atoms with Crippen LogP contribution in [0.1, 0.15) is 44.6 Å². The molecule has 0 radical (unpaired) electrons. The van der Waals surface area contributed by atoms with E-state index in [4.69, 9.17) is 0 Å². The van der Waals surface area contributed by atoms with E-state index in [1.165, 1.54) is 25.0 Å². The van der Waals surface area contributed by atoms with Gasteiger partial charge in [0.2, 0.25) is 11.8 Å². The topological polar surface area (TPSA) is 52.7 Å². The summed E-state index contributed by atoms with van der Waals surface area (Å²) in [7, 11) is 0. The fourth-order valence-corrected chi connectivity index (χ4v) is 4.36. The summed E-state index contributed by atoms with van der Waals surface area (Å²) in [5.41, 5.74) is 0.770. The number of nitrogens with zero attached hydrogens (tertiary/aromatic N) is 2. The molecule has 1 N–H and O–H groups in total.